The Morgan fingerprint density at radius 2 is 2.00 bits per heavy atom. The van der Waals surface area contributed by atoms with Crippen LogP contribution in [0.25, 0.3) is 0 Å². The maximum Gasteiger partial charge on any atom is 0.433 e. The lowest BCUT2D eigenvalue weighted by molar-refractivity contribution is -0.141. The first kappa shape index (κ1) is 17.7. The number of carbonyl (C=O) groups is 1. The number of hydrogen-bond acceptors (Lipinski definition) is 4. The summed E-state index contributed by atoms with van der Waals surface area (Å²) < 4.78 is 63.8. The van der Waals surface area contributed by atoms with Crippen molar-refractivity contribution in [1.29, 1.82) is 0 Å². The average molecular weight is 351 g/mol. The first-order valence-corrected chi connectivity index (χ1v) is 8.32. The zero-order chi connectivity index (χ0) is 17.4. The standard InChI is InChI=1S/C13H16F3N3O3S/c1-8(2)11-12(20)17-5-6-19(11)23(21,22)9-3-4-10(18-7-9)13(14,15)16/h3-4,7-8,11H,5-6H2,1-2H3,(H,17,20)/t11-/m0/s1. The molecule has 1 aromatic rings. The van der Waals surface area contributed by atoms with Gasteiger partial charge in [0, 0.05) is 19.3 Å². The molecule has 1 atom stereocenters. The van der Waals surface area contributed by atoms with Crippen molar-refractivity contribution >= 4 is 15.9 Å². The quantitative estimate of drug-likeness (QED) is 0.889. The van der Waals surface area contributed by atoms with Crippen LogP contribution in [-0.2, 0) is 21.0 Å². The molecule has 128 valence electrons. The van der Waals surface area contributed by atoms with Crippen LogP contribution < -0.4 is 5.32 Å². The second kappa shape index (κ2) is 6.08. The van der Waals surface area contributed by atoms with Gasteiger partial charge in [0.1, 0.15) is 16.6 Å². The van der Waals surface area contributed by atoms with Crippen LogP contribution in [0, 0.1) is 5.92 Å². The van der Waals surface area contributed by atoms with Gasteiger partial charge in [-0.05, 0) is 18.1 Å². The molecule has 1 aliphatic heterocycles. The highest BCUT2D eigenvalue weighted by atomic mass is 32.2. The van der Waals surface area contributed by atoms with E-state index in [-0.39, 0.29) is 23.9 Å². The fourth-order valence-electron chi connectivity index (χ4n) is 2.40. The van der Waals surface area contributed by atoms with Gasteiger partial charge in [0.25, 0.3) is 0 Å². The highest BCUT2D eigenvalue weighted by Gasteiger charge is 2.40. The molecule has 6 nitrogen and oxygen atoms in total. The Labute approximate surface area is 131 Å². The van der Waals surface area contributed by atoms with Crippen LogP contribution in [0.3, 0.4) is 0 Å². The van der Waals surface area contributed by atoms with Crippen LogP contribution in [0.5, 0.6) is 0 Å². The normalized spacial score (nSPS) is 20.6. The van der Waals surface area contributed by atoms with Gasteiger partial charge in [-0.2, -0.15) is 17.5 Å². The summed E-state index contributed by atoms with van der Waals surface area (Å²) >= 11 is 0. The highest BCUT2D eigenvalue weighted by Crippen LogP contribution is 2.29. The van der Waals surface area contributed by atoms with E-state index < -0.39 is 33.8 Å². The van der Waals surface area contributed by atoms with Crippen LogP contribution in [0.4, 0.5) is 13.2 Å². The van der Waals surface area contributed by atoms with Crippen LogP contribution in [-0.4, -0.2) is 42.7 Å². The molecular formula is C13H16F3N3O3S. The van der Waals surface area contributed by atoms with Crippen LogP contribution in [0.2, 0.25) is 0 Å². The zero-order valence-electron chi connectivity index (χ0n) is 12.5. The number of piperazine rings is 1. The predicted molar refractivity (Wildman–Crippen MR) is 74.8 cm³/mol. The van der Waals surface area contributed by atoms with Gasteiger partial charge in [-0.1, -0.05) is 13.8 Å². The predicted octanol–water partition coefficient (Wildman–Crippen LogP) is 1.25. The van der Waals surface area contributed by atoms with Gasteiger partial charge in [-0.15, -0.1) is 0 Å². The molecule has 1 saturated heterocycles. The molecule has 1 amide bonds. The molecule has 0 saturated carbocycles. The van der Waals surface area contributed by atoms with Gasteiger partial charge >= 0.3 is 6.18 Å². The van der Waals surface area contributed by atoms with E-state index in [1.165, 1.54) is 0 Å². The fourth-order valence-corrected chi connectivity index (χ4v) is 4.07. The molecular weight excluding hydrogens is 335 g/mol. The lowest BCUT2D eigenvalue weighted by atomic mass is 10.0. The van der Waals surface area contributed by atoms with Crippen LogP contribution >= 0.6 is 0 Å². The third-order valence-corrected chi connectivity index (χ3v) is 5.34. The second-order valence-corrected chi connectivity index (χ2v) is 7.36. The smallest absolute Gasteiger partial charge is 0.353 e. The van der Waals surface area contributed by atoms with E-state index in [9.17, 15) is 26.4 Å². The van der Waals surface area contributed by atoms with Crippen molar-refractivity contribution in [3.8, 4) is 0 Å². The second-order valence-electron chi connectivity index (χ2n) is 5.47. The van der Waals surface area contributed by atoms with E-state index in [4.69, 9.17) is 0 Å². The topological polar surface area (TPSA) is 79.4 Å². The molecule has 23 heavy (non-hydrogen) atoms. The largest absolute Gasteiger partial charge is 0.433 e. The van der Waals surface area contributed by atoms with Crippen LogP contribution in [0.1, 0.15) is 19.5 Å². The third kappa shape index (κ3) is 3.47. The number of sulfonamides is 1. The molecule has 0 aromatic carbocycles. The number of nitrogens with one attached hydrogen (secondary N) is 1. The van der Waals surface area contributed by atoms with E-state index >= 15 is 0 Å². The Morgan fingerprint density at radius 1 is 1.35 bits per heavy atom. The number of aromatic nitrogens is 1. The number of alkyl halides is 3. The third-order valence-electron chi connectivity index (χ3n) is 3.48. The molecule has 0 unspecified atom stereocenters. The highest BCUT2D eigenvalue weighted by molar-refractivity contribution is 7.89. The van der Waals surface area contributed by atoms with Gasteiger partial charge in [0.05, 0.1) is 0 Å². The van der Waals surface area contributed by atoms with Gasteiger partial charge in [-0.25, -0.2) is 8.42 Å². The Balaban J connectivity index is 2.38. The molecule has 1 aromatic heterocycles. The molecule has 0 aliphatic carbocycles. The minimum absolute atomic E-state index is 0.0535. The molecule has 1 fully saturated rings. The van der Waals surface area contributed by atoms with Gasteiger partial charge < -0.3 is 5.32 Å². The van der Waals surface area contributed by atoms with E-state index in [0.717, 1.165) is 10.4 Å². The number of nitrogens with zero attached hydrogens (tertiary/aromatic N) is 2. The lowest BCUT2D eigenvalue weighted by Gasteiger charge is -2.36. The monoisotopic (exact) mass is 351 g/mol. The maximum absolute atomic E-state index is 12.6. The molecule has 1 N–H and O–H groups in total. The maximum atomic E-state index is 12.6. The molecule has 0 bridgehead atoms. The summed E-state index contributed by atoms with van der Waals surface area (Å²) in [6, 6.07) is 0.562. The van der Waals surface area contributed by atoms with Crippen molar-refractivity contribution in [2.24, 2.45) is 5.92 Å². The first-order valence-electron chi connectivity index (χ1n) is 6.88. The minimum Gasteiger partial charge on any atom is -0.353 e. The fraction of sp³-hybridized carbons (Fsp3) is 0.538. The molecule has 10 heteroatoms. The number of carbonyl (C=O) groups excluding carboxylic acids is 1. The minimum atomic E-state index is -4.65. The first-order chi connectivity index (χ1) is 10.5. The Kier molecular flexibility index (Phi) is 4.67. The van der Waals surface area contributed by atoms with Gasteiger partial charge in [0.15, 0.2) is 0 Å². The number of halogens is 3. The van der Waals surface area contributed by atoms with E-state index in [2.05, 4.69) is 10.3 Å². The summed E-state index contributed by atoms with van der Waals surface area (Å²) in [6.07, 6.45) is -3.98. The van der Waals surface area contributed by atoms with Gasteiger partial charge in [0.2, 0.25) is 15.9 Å². The summed E-state index contributed by atoms with van der Waals surface area (Å²) in [5.74, 6) is -0.706. The SMILES string of the molecule is CC(C)[C@H]1C(=O)NCCN1S(=O)(=O)c1ccc(C(F)(F)F)nc1. The van der Waals surface area contributed by atoms with Crippen LogP contribution in [0.15, 0.2) is 23.2 Å². The van der Waals surface area contributed by atoms with E-state index in [1.807, 2.05) is 0 Å². The molecule has 2 heterocycles. The van der Waals surface area contributed by atoms with Crippen molar-refractivity contribution in [2.75, 3.05) is 13.1 Å². The van der Waals surface area contributed by atoms with Crippen molar-refractivity contribution < 1.29 is 26.4 Å². The average Bonchev–Trinajstić information content (AvgIpc) is 2.45. The number of rotatable bonds is 3. The molecule has 1 aliphatic rings. The number of amides is 1. The Morgan fingerprint density at radius 3 is 2.48 bits per heavy atom. The van der Waals surface area contributed by atoms with Crippen molar-refractivity contribution in [1.82, 2.24) is 14.6 Å². The Bertz CT molecular complexity index is 687. The van der Waals surface area contributed by atoms with Crippen molar-refractivity contribution in [3.63, 3.8) is 0 Å². The van der Waals surface area contributed by atoms with Gasteiger partial charge in [-0.3, -0.25) is 9.78 Å². The zero-order valence-corrected chi connectivity index (χ0v) is 13.3. The summed E-state index contributed by atoms with van der Waals surface area (Å²) in [4.78, 5) is 14.7. The summed E-state index contributed by atoms with van der Waals surface area (Å²) in [6.45, 7) is 3.60. The van der Waals surface area contributed by atoms with Crippen molar-refractivity contribution in [2.45, 2.75) is 31.0 Å². The molecule has 2 rings (SSSR count). The Hall–Kier alpha value is -1.68. The summed E-state index contributed by atoms with van der Waals surface area (Å²) in [5, 5.41) is 2.59. The van der Waals surface area contributed by atoms with E-state index in [0.29, 0.717) is 12.3 Å². The summed E-state index contributed by atoms with van der Waals surface area (Å²) in [5.41, 5.74) is -1.17. The molecule has 0 spiro atoms. The number of hydrogen-bond donors (Lipinski definition) is 1. The molecule has 0 radical (unpaired) electrons. The summed E-state index contributed by atoms with van der Waals surface area (Å²) in [7, 11) is -4.11. The number of pyridine rings is 1. The van der Waals surface area contributed by atoms with E-state index in [1.54, 1.807) is 13.8 Å². The lowest BCUT2D eigenvalue weighted by Crippen LogP contribution is -2.59. The van der Waals surface area contributed by atoms with Crippen molar-refractivity contribution in [3.05, 3.63) is 24.0 Å².